The average molecular weight is 402 g/mol. The second-order valence-corrected chi connectivity index (χ2v) is 8.01. The van der Waals surface area contributed by atoms with Crippen LogP contribution in [0.1, 0.15) is 52.4 Å². The summed E-state index contributed by atoms with van der Waals surface area (Å²) in [7, 11) is 0. The SMILES string of the molecule is CC1CCN(c2cccc(NC(=O)C3CCCCC3(C)N)c2)CC1.Cl.Cl. The molecular weight excluding hydrogens is 369 g/mol. The molecule has 2 unspecified atom stereocenters. The minimum Gasteiger partial charge on any atom is -0.371 e. The van der Waals surface area contributed by atoms with E-state index < -0.39 is 0 Å². The van der Waals surface area contributed by atoms with Gasteiger partial charge in [-0.2, -0.15) is 0 Å². The molecule has 0 radical (unpaired) electrons. The number of piperidine rings is 1. The summed E-state index contributed by atoms with van der Waals surface area (Å²) in [6.45, 7) is 6.54. The Hall–Kier alpha value is -0.970. The third-order valence-electron chi connectivity index (χ3n) is 5.83. The average Bonchev–Trinajstić information content (AvgIpc) is 2.55. The zero-order valence-corrected chi connectivity index (χ0v) is 17.5. The maximum atomic E-state index is 12.7. The Labute approximate surface area is 170 Å². The summed E-state index contributed by atoms with van der Waals surface area (Å²) in [6.07, 6.45) is 6.52. The molecule has 1 aromatic carbocycles. The highest BCUT2D eigenvalue weighted by molar-refractivity contribution is 5.94. The highest BCUT2D eigenvalue weighted by Crippen LogP contribution is 2.33. The van der Waals surface area contributed by atoms with Crippen molar-refractivity contribution >= 4 is 42.1 Å². The van der Waals surface area contributed by atoms with Crippen LogP contribution in [0.4, 0.5) is 11.4 Å². The third-order valence-corrected chi connectivity index (χ3v) is 5.83. The Morgan fingerprint density at radius 3 is 2.54 bits per heavy atom. The maximum Gasteiger partial charge on any atom is 0.229 e. The predicted molar refractivity (Wildman–Crippen MR) is 115 cm³/mol. The van der Waals surface area contributed by atoms with E-state index in [1.165, 1.54) is 18.5 Å². The molecule has 1 saturated carbocycles. The molecule has 1 aromatic rings. The smallest absolute Gasteiger partial charge is 0.229 e. The van der Waals surface area contributed by atoms with Crippen LogP contribution in [0.5, 0.6) is 0 Å². The van der Waals surface area contributed by atoms with Gasteiger partial charge < -0.3 is 16.0 Å². The maximum absolute atomic E-state index is 12.7. The number of carbonyl (C=O) groups is 1. The number of benzene rings is 1. The predicted octanol–water partition coefficient (Wildman–Crippen LogP) is 4.61. The lowest BCUT2D eigenvalue weighted by Crippen LogP contribution is -2.51. The molecule has 26 heavy (non-hydrogen) atoms. The molecule has 3 N–H and O–H groups in total. The lowest BCUT2D eigenvalue weighted by molar-refractivity contribution is -0.122. The second kappa shape index (κ2) is 9.82. The first-order valence-electron chi connectivity index (χ1n) is 9.40. The zero-order chi connectivity index (χ0) is 17.2. The van der Waals surface area contributed by atoms with Gasteiger partial charge in [0.15, 0.2) is 0 Å². The fourth-order valence-electron chi connectivity index (χ4n) is 4.07. The molecule has 0 spiro atoms. The Kier molecular flexibility index (Phi) is 8.71. The number of amides is 1. The fourth-order valence-corrected chi connectivity index (χ4v) is 4.07. The molecule has 1 heterocycles. The molecule has 4 nitrogen and oxygen atoms in total. The summed E-state index contributed by atoms with van der Waals surface area (Å²) in [6, 6.07) is 8.25. The number of nitrogens with zero attached hydrogens (tertiary/aromatic N) is 1. The number of hydrogen-bond acceptors (Lipinski definition) is 3. The Morgan fingerprint density at radius 1 is 1.19 bits per heavy atom. The van der Waals surface area contributed by atoms with E-state index in [1.54, 1.807) is 0 Å². The summed E-state index contributed by atoms with van der Waals surface area (Å²) in [5.74, 6) is 0.799. The van der Waals surface area contributed by atoms with E-state index in [-0.39, 0.29) is 42.2 Å². The number of halogens is 2. The minimum atomic E-state index is -0.386. The van der Waals surface area contributed by atoms with E-state index >= 15 is 0 Å². The summed E-state index contributed by atoms with van der Waals surface area (Å²) >= 11 is 0. The van der Waals surface area contributed by atoms with E-state index in [9.17, 15) is 4.79 Å². The van der Waals surface area contributed by atoms with E-state index in [0.717, 1.165) is 50.4 Å². The van der Waals surface area contributed by atoms with Gasteiger partial charge in [-0.1, -0.05) is 25.8 Å². The minimum absolute atomic E-state index is 0. The number of anilines is 2. The summed E-state index contributed by atoms with van der Waals surface area (Å²) in [5.41, 5.74) is 8.08. The van der Waals surface area contributed by atoms with E-state index in [4.69, 9.17) is 5.73 Å². The zero-order valence-electron chi connectivity index (χ0n) is 15.9. The van der Waals surface area contributed by atoms with Gasteiger partial charge in [0, 0.05) is 30.0 Å². The molecule has 148 valence electrons. The third kappa shape index (κ3) is 5.51. The van der Waals surface area contributed by atoms with Crippen molar-refractivity contribution in [2.75, 3.05) is 23.3 Å². The number of carbonyl (C=O) groups excluding carboxylic acids is 1. The Balaban J connectivity index is 0.00000169. The van der Waals surface area contributed by atoms with Crippen molar-refractivity contribution in [2.24, 2.45) is 17.6 Å². The molecule has 1 aliphatic carbocycles. The van der Waals surface area contributed by atoms with Gasteiger partial charge >= 0.3 is 0 Å². The van der Waals surface area contributed by atoms with Crippen molar-refractivity contribution in [3.8, 4) is 0 Å². The van der Waals surface area contributed by atoms with Crippen molar-refractivity contribution in [2.45, 2.75) is 57.9 Å². The van der Waals surface area contributed by atoms with Gasteiger partial charge in [-0.25, -0.2) is 0 Å². The van der Waals surface area contributed by atoms with Crippen molar-refractivity contribution in [1.82, 2.24) is 0 Å². The van der Waals surface area contributed by atoms with E-state index in [2.05, 4.69) is 29.3 Å². The second-order valence-electron chi connectivity index (χ2n) is 8.01. The first-order valence-corrected chi connectivity index (χ1v) is 9.40. The molecule has 1 aliphatic heterocycles. The molecule has 0 bridgehead atoms. The summed E-state index contributed by atoms with van der Waals surface area (Å²) in [4.78, 5) is 15.1. The first-order chi connectivity index (χ1) is 11.5. The molecule has 2 atom stereocenters. The van der Waals surface area contributed by atoms with Crippen LogP contribution in [-0.4, -0.2) is 24.5 Å². The van der Waals surface area contributed by atoms with Crippen LogP contribution in [-0.2, 0) is 4.79 Å². The highest BCUT2D eigenvalue weighted by Gasteiger charge is 2.37. The van der Waals surface area contributed by atoms with E-state index in [0.29, 0.717) is 0 Å². The van der Waals surface area contributed by atoms with Crippen LogP contribution < -0.4 is 16.0 Å². The molecule has 1 amide bonds. The van der Waals surface area contributed by atoms with Gasteiger partial charge in [0.25, 0.3) is 0 Å². The molecule has 3 rings (SSSR count). The van der Waals surface area contributed by atoms with Crippen molar-refractivity contribution in [3.63, 3.8) is 0 Å². The van der Waals surface area contributed by atoms with Gasteiger partial charge in [0.2, 0.25) is 5.91 Å². The highest BCUT2D eigenvalue weighted by atomic mass is 35.5. The van der Waals surface area contributed by atoms with Crippen LogP contribution in [0.3, 0.4) is 0 Å². The van der Waals surface area contributed by atoms with Crippen LogP contribution in [0.15, 0.2) is 24.3 Å². The largest absolute Gasteiger partial charge is 0.371 e. The van der Waals surface area contributed by atoms with Crippen molar-refractivity contribution in [3.05, 3.63) is 24.3 Å². The fraction of sp³-hybridized carbons (Fsp3) is 0.650. The van der Waals surface area contributed by atoms with Gasteiger partial charge in [-0.15, -0.1) is 24.8 Å². The Morgan fingerprint density at radius 2 is 1.88 bits per heavy atom. The topological polar surface area (TPSA) is 58.4 Å². The molecule has 6 heteroatoms. The van der Waals surface area contributed by atoms with Crippen LogP contribution in [0, 0.1) is 11.8 Å². The van der Waals surface area contributed by atoms with Gasteiger partial charge in [-0.3, -0.25) is 4.79 Å². The van der Waals surface area contributed by atoms with Crippen molar-refractivity contribution in [1.29, 1.82) is 0 Å². The van der Waals surface area contributed by atoms with Gasteiger partial charge in [-0.05, 0) is 56.7 Å². The number of hydrogen-bond donors (Lipinski definition) is 2. The molecular formula is C20H33Cl2N3O. The summed E-state index contributed by atoms with van der Waals surface area (Å²) in [5, 5.41) is 3.11. The number of nitrogens with one attached hydrogen (secondary N) is 1. The number of nitrogens with two attached hydrogens (primary N) is 1. The van der Waals surface area contributed by atoms with E-state index in [1.807, 2.05) is 19.1 Å². The van der Waals surface area contributed by atoms with Gasteiger partial charge in [0.05, 0.1) is 5.92 Å². The lowest BCUT2D eigenvalue weighted by Gasteiger charge is -2.37. The standard InChI is InChI=1S/C20H31N3O.2ClH/c1-15-9-12-23(13-10-15)17-7-5-6-16(14-17)22-19(24)18-8-3-4-11-20(18,2)21;;/h5-7,14-15,18H,3-4,8-13,21H2,1-2H3,(H,22,24);2*1H. The van der Waals surface area contributed by atoms with Crippen LogP contribution in [0.2, 0.25) is 0 Å². The molecule has 0 aromatic heterocycles. The van der Waals surface area contributed by atoms with Crippen molar-refractivity contribution < 1.29 is 4.79 Å². The summed E-state index contributed by atoms with van der Waals surface area (Å²) < 4.78 is 0. The number of rotatable bonds is 3. The Bertz CT molecular complexity index is 586. The van der Waals surface area contributed by atoms with Gasteiger partial charge in [0.1, 0.15) is 0 Å². The quantitative estimate of drug-likeness (QED) is 0.776. The van der Waals surface area contributed by atoms with Crippen LogP contribution >= 0.6 is 24.8 Å². The first kappa shape index (κ1) is 23.1. The normalized spacial score (nSPS) is 26.4. The monoisotopic (exact) mass is 401 g/mol. The lowest BCUT2D eigenvalue weighted by atomic mass is 9.74. The molecule has 2 fully saturated rings. The van der Waals surface area contributed by atoms with Crippen LogP contribution in [0.25, 0.3) is 0 Å². The molecule has 2 aliphatic rings. The molecule has 1 saturated heterocycles.